The lowest BCUT2D eigenvalue weighted by Gasteiger charge is -2.19. The Kier molecular flexibility index (Phi) is 6.20. The first kappa shape index (κ1) is 12.5. The number of allylic oxidation sites excluding steroid dienone is 3. The molecule has 1 amide bonds. The fraction of sp³-hybridized carbons (Fsp3) is 0.364. The number of amides is 1. The molecule has 1 heterocycles. The molecule has 14 heavy (non-hydrogen) atoms. The summed E-state index contributed by atoms with van der Waals surface area (Å²) in [6.45, 7) is 9.48. The van der Waals surface area contributed by atoms with Crippen LogP contribution >= 0.6 is 0 Å². The highest BCUT2D eigenvalue weighted by molar-refractivity contribution is 5.81. The van der Waals surface area contributed by atoms with Gasteiger partial charge in [-0.1, -0.05) is 26.5 Å². The van der Waals surface area contributed by atoms with E-state index in [-0.39, 0.29) is 12.5 Å². The largest absolute Gasteiger partial charge is 0.482 e. The molecule has 0 radical (unpaired) electrons. The molecule has 0 aliphatic carbocycles. The molecule has 0 atom stereocenters. The van der Waals surface area contributed by atoms with Crippen LogP contribution < -0.4 is 5.32 Å². The Labute approximate surface area is 85.1 Å². The Morgan fingerprint density at radius 1 is 1.50 bits per heavy atom. The number of nitrogens with one attached hydrogen (secondary N) is 1. The van der Waals surface area contributed by atoms with Gasteiger partial charge in [-0.05, 0) is 19.1 Å². The van der Waals surface area contributed by atoms with Gasteiger partial charge in [-0.15, -0.1) is 0 Å². The molecule has 1 saturated heterocycles. The molecule has 3 nitrogen and oxygen atoms in total. The lowest BCUT2D eigenvalue weighted by atomic mass is 10.2. The summed E-state index contributed by atoms with van der Waals surface area (Å²) in [7, 11) is 0. The zero-order chi connectivity index (χ0) is 11.0. The van der Waals surface area contributed by atoms with Crippen LogP contribution in [0.3, 0.4) is 0 Å². The summed E-state index contributed by atoms with van der Waals surface area (Å²) in [6, 6.07) is 0. The molecule has 0 aromatic heterocycles. The molecule has 0 saturated carbocycles. The van der Waals surface area contributed by atoms with Crippen LogP contribution in [0.2, 0.25) is 0 Å². The van der Waals surface area contributed by atoms with Crippen LogP contribution in [0.5, 0.6) is 0 Å². The smallest absolute Gasteiger partial charge is 0.262 e. The molecule has 1 N–H and O–H groups in total. The van der Waals surface area contributed by atoms with Crippen molar-refractivity contribution in [2.75, 3.05) is 6.61 Å². The molecule has 3 heteroatoms. The van der Waals surface area contributed by atoms with Gasteiger partial charge < -0.3 is 10.1 Å². The number of carbonyl (C=O) groups is 1. The normalized spacial score (nSPS) is 20.6. The fourth-order valence-electron chi connectivity index (χ4n) is 0.949. The van der Waals surface area contributed by atoms with E-state index in [2.05, 4.69) is 11.9 Å². The molecule has 0 bridgehead atoms. The average molecular weight is 195 g/mol. The number of morpholine rings is 1. The molecule has 1 rings (SSSR count). The summed E-state index contributed by atoms with van der Waals surface area (Å²) >= 11 is 0. The first-order valence-corrected chi connectivity index (χ1v) is 4.70. The van der Waals surface area contributed by atoms with Crippen LogP contribution in [0, 0.1) is 0 Å². The van der Waals surface area contributed by atoms with E-state index in [1.54, 1.807) is 18.2 Å². The predicted molar refractivity (Wildman–Crippen MR) is 57.5 cm³/mol. The molecule has 1 aliphatic rings. The van der Waals surface area contributed by atoms with Crippen molar-refractivity contribution in [3.8, 4) is 0 Å². The maximum atomic E-state index is 10.9. The van der Waals surface area contributed by atoms with Crippen molar-refractivity contribution in [2.24, 2.45) is 0 Å². The number of hydrogen-bond acceptors (Lipinski definition) is 2. The van der Waals surface area contributed by atoms with Gasteiger partial charge in [0.1, 0.15) is 5.76 Å². The third-order valence-electron chi connectivity index (χ3n) is 1.45. The minimum atomic E-state index is -0.131. The molecule has 78 valence electrons. The van der Waals surface area contributed by atoms with Crippen molar-refractivity contribution >= 4 is 5.91 Å². The second-order valence-electron chi connectivity index (χ2n) is 2.31. The number of hydrogen-bond donors (Lipinski definition) is 1. The van der Waals surface area contributed by atoms with Crippen molar-refractivity contribution in [3.63, 3.8) is 0 Å². The van der Waals surface area contributed by atoms with E-state index in [0.717, 1.165) is 0 Å². The van der Waals surface area contributed by atoms with Gasteiger partial charge in [-0.25, -0.2) is 0 Å². The Morgan fingerprint density at radius 2 is 2.14 bits per heavy atom. The summed E-state index contributed by atoms with van der Waals surface area (Å²) in [5.41, 5.74) is 0.670. The van der Waals surface area contributed by atoms with Crippen LogP contribution in [0.1, 0.15) is 20.8 Å². The van der Waals surface area contributed by atoms with Crippen LogP contribution in [0.25, 0.3) is 0 Å². The molecule has 0 aromatic carbocycles. The molecule has 0 spiro atoms. The monoisotopic (exact) mass is 195 g/mol. The van der Waals surface area contributed by atoms with E-state index in [0.29, 0.717) is 11.5 Å². The van der Waals surface area contributed by atoms with Gasteiger partial charge in [0.2, 0.25) is 0 Å². The summed E-state index contributed by atoms with van der Waals surface area (Å²) in [5.74, 6) is 0.559. The zero-order valence-corrected chi connectivity index (χ0v) is 8.96. The van der Waals surface area contributed by atoms with E-state index < -0.39 is 0 Å². The van der Waals surface area contributed by atoms with Gasteiger partial charge in [0.15, 0.2) is 6.61 Å². The van der Waals surface area contributed by atoms with Crippen molar-refractivity contribution < 1.29 is 9.53 Å². The standard InChI is InChI=1S/C9H11NO2.C2H6/c1-3-5-7-8(4-2)12-6-9(11)10-7;1-2/h3-5H,1,6H2,2H3,(H,10,11);1-2H3/b7-5+,8-4+;. The van der Waals surface area contributed by atoms with Crippen molar-refractivity contribution in [3.05, 3.63) is 36.3 Å². The lowest BCUT2D eigenvalue weighted by molar-refractivity contribution is -0.125. The highest BCUT2D eigenvalue weighted by Gasteiger charge is 2.16. The highest BCUT2D eigenvalue weighted by atomic mass is 16.5. The third-order valence-corrected chi connectivity index (χ3v) is 1.45. The molecule has 1 fully saturated rings. The first-order chi connectivity index (χ1) is 6.77. The summed E-state index contributed by atoms with van der Waals surface area (Å²) < 4.78 is 5.14. The van der Waals surface area contributed by atoms with E-state index in [9.17, 15) is 4.79 Å². The maximum absolute atomic E-state index is 10.9. The number of ether oxygens (including phenoxy) is 1. The van der Waals surface area contributed by atoms with Crippen LogP contribution in [0.4, 0.5) is 0 Å². The summed E-state index contributed by atoms with van der Waals surface area (Å²) in [6.07, 6.45) is 5.11. The molecule has 0 aromatic rings. The number of rotatable bonds is 1. The topological polar surface area (TPSA) is 38.3 Å². The van der Waals surface area contributed by atoms with Gasteiger partial charge in [-0.3, -0.25) is 4.79 Å². The van der Waals surface area contributed by atoms with Crippen LogP contribution in [-0.4, -0.2) is 12.5 Å². The summed E-state index contributed by atoms with van der Waals surface area (Å²) in [5, 5.41) is 2.68. The van der Waals surface area contributed by atoms with Crippen molar-refractivity contribution in [2.45, 2.75) is 20.8 Å². The minimum Gasteiger partial charge on any atom is -0.482 e. The predicted octanol–water partition coefficient (Wildman–Crippen LogP) is 2.13. The van der Waals surface area contributed by atoms with E-state index >= 15 is 0 Å². The molecular weight excluding hydrogens is 178 g/mol. The molecule has 0 unspecified atom stereocenters. The first-order valence-electron chi connectivity index (χ1n) is 4.70. The average Bonchev–Trinajstić information content (AvgIpc) is 2.22. The van der Waals surface area contributed by atoms with Gasteiger partial charge in [0.05, 0.1) is 5.70 Å². The van der Waals surface area contributed by atoms with Gasteiger partial charge in [-0.2, -0.15) is 0 Å². The molecular formula is C11H17NO2. The van der Waals surface area contributed by atoms with E-state index in [1.807, 2.05) is 20.8 Å². The Bertz CT molecular complexity index is 264. The molecule has 1 aliphatic heterocycles. The maximum Gasteiger partial charge on any atom is 0.262 e. The van der Waals surface area contributed by atoms with E-state index in [1.165, 1.54) is 0 Å². The SMILES string of the molecule is C=C/C=C1/NC(=O)CO/C1=C/C.CC. The Morgan fingerprint density at radius 3 is 2.64 bits per heavy atom. The second kappa shape index (κ2) is 6.95. The zero-order valence-electron chi connectivity index (χ0n) is 8.96. The lowest BCUT2D eigenvalue weighted by Crippen LogP contribution is -2.33. The van der Waals surface area contributed by atoms with Gasteiger partial charge >= 0.3 is 0 Å². The van der Waals surface area contributed by atoms with E-state index in [4.69, 9.17) is 4.74 Å². The second-order valence-corrected chi connectivity index (χ2v) is 2.31. The van der Waals surface area contributed by atoms with Crippen molar-refractivity contribution in [1.29, 1.82) is 0 Å². The fourth-order valence-corrected chi connectivity index (χ4v) is 0.949. The van der Waals surface area contributed by atoms with Gasteiger partial charge in [0, 0.05) is 0 Å². The van der Waals surface area contributed by atoms with Crippen LogP contribution in [0.15, 0.2) is 36.3 Å². The van der Waals surface area contributed by atoms with Crippen LogP contribution in [-0.2, 0) is 9.53 Å². The quantitative estimate of drug-likeness (QED) is 0.696. The Hall–Kier alpha value is -1.51. The third kappa shape index (κ3) is 3.47. The van der Waals surface area contributed by atoms with Gasteiger partial charge in [0.25, 0.3) is 5.91 Å². The Balaban J connectivity index is 0.000000791. The number of carbonyl (C=O) groups excluding carboxylic acids is 1. The minimum absolute atomic E-state index is 0.0914. The highest BCUT2D eigenvalue weighted by Crippen LogP contribution is 2.12. The van der Waals surface area contributed by atoms with Crippen molar-refractivity contribution in [1.82, 2.24) is 5.32 Å². The summed E-state index contributed by atoms with van der Waals surface area (Å²) in [4.78, 5) is 10.9.